The summed E-state index contributed by atoms with van der Waals surface area (Å²) in [5.74, 6) is 0. The molecule has 3 aromatic carbocycles. The first-order valence-corrected chi connectivity index (χ1v) is 6.56. The highest BCUT2D eigenvalue weighted by molar-refractivity contribution is 6.14. The van der Waals surface area contributed by atoms with Crippen LogP contribution in [-0.4, -0.2) is 0 Å². The van der Waals surface area contributed by atoms with Gasteiger partial charge in [-0.2, -0.15) is 0 Å². The Hall–Kier alpha value is -2.02. The molecule has 0 unspecified atom stereocenters. The zero-order valence-electron chi connectivity index (χ0n) is 10.2. The standard InChI is InChI=1S/C17H15N/c18-16-10-12-5-3-7-13(12)15-9-8-11-4-1-2-6-14(11)17(15)16/h1-2,4,6,8-10H,3,5,7,18H2. The van der Waals surface area contributed by atoms with Gasteiger partial charge < -0.3 is 5.73 Å². The summed E-state index contributed by atoms with van der Waals surface area (Å²) in [6.07, 6.45) is 3.65. The Balaban J connectivity index is 2.26. The van der Waals surface area contributed by atoms with Crippen LogP contribution in [-0.2, 0) is 12.8 Å². The van der Waals surface area contributed by atoms with Crippen LogP contribution in [0.5, 0.6) is 0 Å². The van der Waals surface area contributed by atoms with Crippen molar-refractivity contribution in [1.29, 1.82) is 0 Å². The van der Waals surface area contributed by atoms with Crippen molar-refractivity contribution in [3.63, 3.8) is 0 Å². The highest BCUT2D eigenvalue weighted by atomic mass is 14.6. The van der Waals surface area contributed by atoms with Gasteiger partial charge in [0, 0.05) is 11.1 Å². The third kappa shape index (κ3) is 1.22. The summed E-state index contributed by atoms with van der Waals surface area (Å²) in [6.45, 7) is 0. The molecule has 0 saturated carbocycles. The minimum absolute atomic E-state index is 0.933. The molecule has 88 valence electrons. The summed E-state index contributed by atoms with van der Waals surface area (Å²) < 4.78 is 0. The van der Waals surface area contributed by atoms with Gasteiger partial charge in [0.15, 0.2) is 0 Å². The number of anilines is 1. The maximum atomic E-state index is 6.30. The van der Waals surface area contributed by atoms with Gasteiger partial charge in [-0.3, -0.25) is 0 Å². The number of fused-ring (bicyclic) bond motifs is 5. The van der Waals surface area contributed by atoms with Crippen molar-refractivity contribution in [2.75, 3.05) is 5.73 Å². The van der Waals surface area contributed by atoms with E-state index in [1.165, 1.54) is 51.9 Å². The molecule has 18 heavy (non-hydrogen) atoms. The van der Waals surface area contributed by atoms with Gasteiger partial charge in [-0.05, 0) is 52.6 Å². The van der Waals surface area contributed by atoms with Crippen molar-refractivity contribution in [2.45, 2.75) is 19.3 Å². The first kappa shape index (κ1) is 9.95. The number of rotatable bonds is 0. The fourth-order valence-electron chi connectivity index (χ4n) is 3.33. The minimum Gasteiger partial charge on any atom is -0.398 e. The lowest BCUT2D eigenvalue weighted by atomic mass is 9.95. The Kier molecular flexibility index (Phi) is 1.93. The second kappa shape index (κ2) is 3.49. The van der Waals surface area contributed by atoms with Crippen molar-refractivity contribution in [3.8, 4) is 0 Å². The first-order valence-electron chi connectivity index (χ1n) is 6.56. The van der Waals surface area contributed by atoms with Gasteiger partial charge in [-0.25, -0.2) is 0 Å². The van der Waals surface area contributed by atoms with E-state index in [1.807, 2.05) is 0 Å². The van der Waals surface area contributed by atoms with E-state index in [2.05, 4.69) is 42.5 Å². The van der Waals surface area contributed by atoms with Gasteiger partial charge in [0.25, 0.3) is 0 Å². The molecule has 0 radical (unpaired) electrons. The molecule has 0 saturated heterocycles. The van der Waals surface area contributed by atoms with E-state index >= 15 is 0 Å². The average molecular weight is 233 g/mol. The number of nitrogen functional groups attached to an aromatic ring is 1. The summed E-state index contributed by atoms with van der Waals surface area (Å²) in [7, 11) is 0. The second-order valence-corrected chi connectivity index (χ2v) is 5.17. The summed E-state index contributed by atoms with van der Waals surface area (Å²) in [6, 6.07) is 15.2. The van der Waals surface area contributed by atoms with E-state index in [-0.39, 0.29) is 0 Å². The third-order valence-electron chi connectivity index (χ3n) is 4.13. The van der Waals surface area contributed by atoms with E-state index in [4.69, 9.17) is 5.73 Å². The molecule has 0 bridgehead atoms. The zero-order chi connectivity index (χ0) is 12.1. The molecular formula is C17H15N. The maximum Gasteiger partial charge on any atom is 0.0402 e. The predicted molar refractivity (Wildman–Crippen MR) is 77.9 cm³/mol. The van der Waals surface area contributed by atoms with Crippen LogP contribution in [0.15, 0.2) is 42.5 Å². The molecule has 0 aromatic heterocycles. The van der Waals surface area contributed by atoms with Crippen LogP contribution in [0.1, 0.15) is 17.5 Å². The number of hydrogen-bond donors (Lipinski definition) is 1. The molecule has 0 aliphatic heterocycles. The van der Waals surface area contributed by atoms with Crippen LogP contribution in [0, 0.1) is 0 Å². The van der Waals surface area contributed by atoms with Gasteiger partial charge in [0.05, 0.1) is 0 Å². The summed E-state index contributed by atoms with van der Waals surface area (Å²) >= 11 is 0. The Labute approximate surface area is 106 Å². The van der Waals surface area contributed by atoms with Gasteiger partial charge in [-0.15, -0.1) is 0 Å². The molecule has 1 aliphatic rings. The topological polar surface area (TPSA) is 26.0 Å². The fourth-order valence-corrected chi connectivity index (χ4v) is 3.33. The first-order chi connectivity index (χ1) is 8.84. The molecule has 3 aromatic rings. The highest BCUT2D eigenvalue weighted by Gasteiger charge is 2.16. The number of aryl methyl sites for hydroxylation is 2. The van der Waals surface area contributed by atoms with Crippen LogP contribution >= 0.6 is 0 Å². The lowest BCUT2D eigenvalue weighted by Gasteiger charge is -2.11. The molecular weight excluding hydrogens is 218 g/mol. The van der Waals surface area contributed by atoms with E-state index in [1.54, 1.807) is 0 Å². The maximum absolute atomic E-state index is 6.30. The smallest absolute Gasteiger partial charge is 0.0402 e. The second-order valence-electron chi connectivity index (χ2n) is 5.17. The quantitative estimate of drug-likeness (QED) is 0.460. The lowest BCUT2D eigenvalue weighted by molar-refractivity contribution is 0.913. The third-order valence-corrected chi connectivity index (χ3v) is 4.13. The minimum atomic E-state index is 0.933. The molecule has 0 fully saturated rings. The molecule has 4 rings (SSSR count). The number of hydrogen-bond acceptors (Lipinski definition) is 1. The van der Waals surface area contributed by atoms with Gasteiger partial charge in [0.2, 0.25) is 0 Å². The fraction of sp³-hybridized carbons (Fsp3) is 0.176. The predicted octanol–water partition coefficient (Wildman–Crippen LogP) is 4.06. The van der Waals surface area contributed by atoms with Gasteiger partial charge in [-0.1, -0.05) is 36.4 Å². The molecule has 1 aliphatic carbocycles. The molecule has 0 atom stereocenters. The van der Waals surface area contributed by atoms with Crippen molar-refractivity contribution in [3.05, 3.63) is 53.6 Å². The van der Waals surface area contributed by atoms with Crippen molar-refractivity contribution in [1.82, 2.24) is 0 Å². The summed E-state index contributed by atoms with van der Waals surface area (Å²) in [5.41, 5.74) is 10.2. The van der Waals surface area contributed by atoms with Crippen molar-refractivity contribution in [2.24, 2.45) is 0 Å². The van der Waals surface area contributed by atoms with Gasteiger partial charge in [0.1, 0.15) is 0 Å². The zero-order valence-corrected chi connectivity index (χ0v) is 10.2. The Morgan fingerprint density at radius 2 is 1.78 bits per heavy atom. The van der Waals surface area contributed by atoms with Crippen LogP contribution in [0.25, 0.3) is 21.5 Å². The van der Waals surface area contributed by atoms with Crippen LogP contribution in [0.2, 0.25) is 0 Å². The molecule has 0 spiro atoms. The van der Waals surface area contributed by atoms with E-state index in [9.17, 15) is 0 Å². The van der Waals surface area contributed by atoms with Crippen LogP contribution < -0.4 is 5.73 Å². The highest BCUT2D eigenvalue weighted by Crippen LogP contribution is 2.37. The van der Waals surface area contributed by atoms with E-state index in [0.717, 1.165) is 5.69 Å². The Morgan fingerprint density at radius 1 is 0.889 bits per heavy atom. The average Bonchev–Trinajstić information content (AvgIpc) is 2.86. The van der Waals surface area contributed by atoms with Crippen LogP contribution in [0.3, 0.4) is 0 Å². The SMILES string of the molecule is Nc1cc2c(c3ccc4ccccc4c13)CCC2. The summed E-state index contributed by atoms with van der Waals surface area (Å²) in [4.78, 5) is 0. The normalized spacial score (nSPS) is 14.2. The lowest BCUT2D eigenvalue weighted by Crippen LogP contribution is -1.93. The van der Waals surface area contributed by atoms with E-state index < -0.39 is 0 Å². The van der Waals surface area contributed by atoms with Crippen molar-refractivity contribution < 1.29 is 0 Å². The van der Waals surface area contributed by atoms with Gasteiger partial charge >= 0.3 is 0 Å². The Morgan fingerprint density at radius 3 is 2.72 bits per heavy atom. The molecule has 0 heterocycles. The largest absolute Gasteiger partial charge is 0.398 e. The van der Waals surface area contributed by atoms with E-state index in [0.29, 0.717) is 0 Å². The van der Waals surface area contributed by atoms with Crippen molar-refractivity contribution >= 4 is 27.2 Å². The molecule has 1 heteroatoms. The molecule has 1 nitrogen and oxygen atoms in total. The number of benzene rings is 3. The monoisotopic (exact) mass is 233 g/mol. The van der Waals surface area contributed by atoms with Crippen LogP contribution in [0.4, 0.5) is 5.69 Å². The summed E-state index contributed by atoms with van der Waals surface area (Å²) in [5, 5.41) is 5.16. The molecule has 2 N–H and O–H groups in total. The molecule has 0 amide bonds. The Bertz CT molecular complexity index is 771. The number of nitrogens with two attached hydrogens (primary N) is 1.